The van der Waals surface area contributed by atoms with Gasteiger partial charge < -0.3 is 9.84 Å². The van der Waals surface area contributed by atoms with Crippen molar-refractivity contribution in [3.05, 3.63) is 41.5 Å². The zero-order valence-corrected chi connectivity index (χ0v) is 13.1. The van der Waals surface area contributed by atoms with Crippen LogP contribution in [-0.2, 0) is 22.1 Å². The lowest BCUT2D eigenvalue weighted by atomic mass is 10.2. The maximum Gasteiger partial charge on any atom is 0.245 e. The van der Waals surface area contributed by atoms with E-state index < -0.39 is 9.84 Å². The number of nitrogens with one attached hydrogen (secondary N) is 1. The number of rotatable bonds is 6. The molecule has 0 saturated heterocycles. The Kier molecular flexibility index (Phi) is 4.62. The summed E-state index contributed by atoms with van der Waals surface area (Å²) in [5.41, 5.74) is 1.48. The summed E-state index contributed by atoms with van der Waals surface area (Å²) in [6, 6.07) is 7.29. The highest BCUT2D eigenvalue weighted by Crippen LogP contribution is 2.18. The lowest BCUT2D eigenvalue weighted by Crippen LogP contribution is -2.07. The van der Waals surface area contributed by atoms with E-state index in [9.17, 15) is 8.42 Å². The van der Waals surface area contributed by atoms with Crippen LogP contribution in [0.3, 0.4) is 0 Å². The fourth-order valence-corrected chi connectivity index (χ4v) is 2.66. The summed E-state index contributed by atoms with van der Waals surface area (Å²) in [5.74, 6) is 1.35. The van der Waals surface area contributed by atoms with E-state index in [1.807, 2.05) is 32.0 Å². The Morgan fingerprint density at radius 3 is 2.62 bits per heavy atom. The number of nitrogens with zero attached hydrogens (tertiary/aromatic N) is 2. The van der Waals surface area contributed by atoms with E-state index in [1.165, 1.54) is 6.26 Å². The molecule has 0 aliphatic carbocycles. The smallest absolute Gasteiger partial charge is 0.245 e. The molecule has 114 valence electrons. The Labute approximate surface area is 124 Å². The molecule has 0 spiro atoms. The van der Waals surface area contributed by atoms with Crippen molar-refractivity contribution >= 4 is 15.5 Å². The van der Waals surface area contributed by atoms with Crippen LogP contribution in [0, 0.1) is 0 Å². The van der Waals surface area contributed by atoms with Crippen LogP contribution >= 0.6 is 0 Å². The van der Waals surface area contributed by atoms with Crippen LogP contribution in [-0.4, -0.2) is 24.8 Å². The molecule has 0 bridgehead atoms. The monoisotopic (exact) mass is 309 g/mol. The Hall–Kier alpha value is -1.89. The summed E-state index contributed by atoms with van der Waals surface area (Å²) in [5, 5.41) is 7.03. The first-order valence-electron chi connectivity index (χ1n) is 6.67. The molecule has 0 saturated carbocycles. The first-order chi connectivity index (χ1) is 9.85. The normalized spacial score (nSPS) is 11.8. The fraction of sp³-hybridized carbons (Fsp3) is 0.429. The highest BCUT2D eigenvalue weighted by Gasteiger charge is 2.12. The van der Waals surface area contributed by atoms with E-state index in [2.05, 4.69) is 15.5 Å². The van der Waals surface area contributed by atoms with Crippen molar-refractivity contribution in [2.45, 2.75) is 32.1 Å². The predicted molar refractivity (Wildman–Crippen MR) is 80.7 cm³/mol. The van der Waals surface area contributed by atoms with Crippen LogP contribution in [0.15, 0.2) is 28.8 Å². The van der Waals surface area contributed by atoms with E-state index in [0.717, 1.165) is 11.3 Å². The van der Waals surface area contributed by atoms with Crippen molar-refractivity contribution in [2.75, 3.05) is 11.6 Å². The number of benzene rings is 1. The van der Waals surface area contributed by atoms with Crippen LogP contribution in [0.2, 0.25) is 0 Å². The first kappa shape index (κ1) is 15.5. The summed E-state index contributed by atoms with van der Waals surface area (Å²) >= 11 is 0. The second kappa shape index (κ2) is 6.26. The van der Waals surface area contributed by atoms with Gasteiger partial charge in [-0.2, -0.15) is 4.98 Å². The molecule has 1 aromatic carbocycles. The zero-order valence-electron chi connectivity index (χ0n) is 12.3. The molecular weight excluding hydrogens is 290 g/mol. The van der Waals surface area contributed by atoms with Crippen LogP contribution in [0.1, 0.15) is 37.0 Å². The van der Waals surface area contributed by atoms with Crippen molar-refractivity contribution in [2.24, 2.45) is 0 Å². The van der Waals surface area contributed by atoms with Gasteiger partial charge in [0.25, 0.3) is 0 Å². The third-order valence-corrected chi connectivity index (χ3v) is 3.70. The first-order valence-corrected chi connectivity index (χ1v) is 8.73. The lowest BCUT2D eigenvalue weighted by molar-refractivity contribution is 0.376. The zero-order chi connectivity index (χ0) is 15.5. The molecule has 2 rings (SSSR count). The van der Waals surface area contributed by atoms with Crippen LogP contribution in [0.4, 0.5) is 5.69 Å². The summed E-state index contributed by atoms with van der Waals surface area (Å²) in [6.07, 6.45) is 1.22. The summed E-state index contributed by atoms with van der Waals surface area (Å²) < 4.78 is 28.0. The number of sulfone groups is 1. The second-order valence-electron chi connectivity index (χ2n) is 5.28. The molecule has 0 atom stereocenters. The van der Waals surface area contributed by atoms with Gasteiger partial charge in [-0.15, -0.1) is 0 Å². The second-order valence-corrected chi connectivity index (χ2v) is 7.42. The molecule has 0 aliphatic heterocycles. The molecule has 7 heteroatoms. The number of hydrogen-bond acceptors (Lipinski definition) is 6. The number of aromatic nitrogens is 2. The number of hydrogen-bond donors (Lipinski definition) is 1. The Balaban J connectivity index is 2.09. The fourth-order valence-electron chi connectivity index (χ4n) is 1.85. The quantitative estimate of drug-likeness (QED) is 0.881. The largest absolute Gasteiger partial charge is 0.376 e. The standard InChI is InChI=1S/C14H19N3O3S/c1-10(2)14-16-13(20-17-14)8-15-12-7-5-4-6-11(12)9-21(3,18)19/h4-7,10,15H,8-9H2,1-3H3. The SMILES string of the molecule is CC(C)c1noc(CNc2ccccc2CS(C)(=O)=O)n1. The van der Waals surface area contributed by atoms with Crippen LogP contribution < -0.4 is 5.32 Å². The summed E-state index contributed by atoms with van der Waals surface area (Å²) in [4.78, 5) is 4.27. The van der Waals surface area contributed by atoms with Crippen molar-refractivity contribution in [1.82, 2.24) is 10.1 Å². The van der Waals surface area contributed by atoms with E-state index in [0.29, 0.717) is 18.3 Å². The molecule has 6 nitrogen and oxygen atoms in total. The van der Waals surface area contributed by atoms with Crippen molar-refractivity contribution in [3.8, 4) is 0 Å². The van der Waals surface area contributed by atoms with Crippen molar-refractivity contribution < 1.29 is 12.9 Å². The van der Waals surface area contributed by atoms with Gasteiger partial charge in [0.2, 0.25) is 5.89 Å². The summed E-state index contributed by atoms with van der Waals surface area (Å²) in [7, 11) is -3.08. The number of anilines is 1. The minimum Gasteiger partial charge on any atom is -0.376 e. The predicted octanol–water partition coefficient (Wildman–Crippen LogP) is 2.35. The topological polar surface area (TPSA) is 85.1 Å². The Morgan fingerprint density at radius 2 is 2.00 bits per heavy atom. The minimum atomic E-state index is -3.08. The highest BCUT2D eigenvalue weighted by molar-refractivity contribution is 7.89. The van der Waals surface area contributed by atoms with Crippen LogP contribution in [0.25, 0.3) is 0 Å². The van der Waals surface area contributed by atoms with Crippen LogP contribution in [0.5, 0.6) is 0 Å². The molecule has 21 heavy (non-hydrogen) atoms. The van der Waals surface area contributed by atoms with Gasteiger partial charge in [0.15, 0.2) is 15.7 Å². The van der Waals surface area contributed by atoms with E-state index in [1.54, 1.807) is 6.07 Å². The van der Waals surface area contributed by atoms with E-state index in [4.69, 9.17) is 4.52 Å². The van der Waals surface area contributed by atoms with Gasteiger partial charge in [-0.25, -0.2) is 8.42 Å². The van der Waals surface area contributed by atoms with Crippen molar-refractivity contribution in [3.63, 3.8) is 0 Å². The number of para-hydroxylation sites is 1. The molecule has 1 aromatic heterocycles. The van der Waals surface area contributed by atoms with Gasteiger partial charge in [-0.3, -0.25) is 0 Å². The maximum atomic E-state index is 11.4. The Bertz CT molecular complexity index is 708. The highest BCUT2D eigenvalue weighted by atomic mass is 32.2. The van der Waals surface area contributed by atoms with E-state index in [-0.39, 0.29) is 11.7 Å². The molecule has 1 N–H and O–H groups in total. The molecule has 2 aromatic rings. The molecule has 0 amide bonds. The molecular formula is C14H19N3O3S. The van der Waals surface area contributed by atoms with Gasteiger partial charge in [0.05, 0.1) is 12.3 Å². The molecule has 0 radical (unpaired) electrons. The van der Waals surface area contributed by atoms with E-state index >= 15 is 0 Å². The molecule has 0 aliphatic rings. The molecule has 1 heterocycles. The van der Waals surface area contributed by atoms with Gasteiger partial charge in [-0.05, 0) is 11.6 Å². The average Bonchev–Trinajstić information content (AvgIpc) is 2.85. The van der Waals surface area contributed by atoms with Gasteiger partial charge in [0.1, 0.15) is 0 Å². The van der Waals surface area contributed by atoms with Gasteiger partial charge in [-0.1, -0.05) is 37.2 Å². The van der Waals surface area contributed by atoms with Gasteiger partial charge in [0, 0.05) is 17.9 Å². The minimum absolute atomic E-state index is 0.00273. The third-order valence-electron chi connectivity index (χ3n) is 2.87. The molecule has 0 unspecified atom stereocenters. The molecule has 0 fully saturated rings. The summed E-state index contributed by atoms with van der Waals surface area (Å²) in [6.45, 7) is 4.34. The Morgan fingerprint density at radius 1 is 1.29 bits per heavy atom. The third kappa shape index (κ3) is 4.56. The average molecular weight is 309 g/mol. The maximum absolute atomic E-state index is 11.4. The van der Waals surface area contributed by atoms with Gasteiger partial charge >= 0.3 is 0 Å². The van der Waals surface area contributed by atoms with Crippen molar-refractivity contribution in [1.29, 1.82) is 0 Å². The lowest BCUT2D eigenvalue weighted by Gasteiger charge is -2.09.